The van der Waals surface area contributed by atoms with Crippen LogP contribution in [0.25, 0.3) is 16.7 Å². The van der Waals surface area contributed by atoms with E-state index in [0.29, 0.717) is 22.4 Å². The summed E-state index contributed by atoms with van der Waals surface area (Å²) in [5.74, 6) is -0.0397. The van der Waals surface area contributed by atoms with Gasteiger partial charge in [0.15, 0.2) is 5.82 Å². The molecule has 0 saturated heterocycles. The average molecular weight is 492 g/mol. The summed E-state index contributed by atoms with van der Waals surface area (Å²) in [6.07, 6.45) is 4.30. The van der Waals surface area contributed by atoms with E-state index in [9.17, 15) is 9.90 Å². The molecule has 0 aliphatic carbocycles. The summed E-state index contributed by atoms with van der Waals surface area (Å²) in [7, 11) is 3.75. The summed E-state index contributed by atoms with van der Waals surface area (Å²) in [5.41, 5.74) is 4.80. The van der Waals surface area contributed by atoms with E-state index in [1.54, 1.807) is 26.4 Å². The number of methoxy groups -OCH3 is 1. The number of hydrogen-bond acceptors (Lipinski definition) is 6. The predicted molar refractivity (Wildman–Crippen MR) is 136 cm³/mol. The molecule has 1 unspecified atom stereocenters. The third-order valence-electron chi connectivity index (χ3n) is 6.50. The van der Waals surface area contributed by atoms with Crippen LogP contribution < -0.4 is 10.1 Å². The van der Waals surface area contributed by atoms with Gasteiger partial charge in [-0.05, 0) is 55.3 Å². The van der Waals surface area contributed by atoms with E-state index in [1.807, 2.05) is 28.8 Å². The number of nitrogens with zero attached hydrogens (tertiary/aromatic N) is 4. The van der Waals surface area contributed by atoms with Crippen molar-refractivity contribution in [1.29, 1.82) is 0 Å². The van der Waals surface area contributed by atoms with Crippen molar-refractivity contribution in [3.8, 4) is 11.6 Å². The van der Waals surface area contributed by atoms with E-state index in [0.717, 1.165) is 41.9 Å². The molecular formula is C26H26ClN5O3. The Labute approximate surface area is 208 Å². The second kappa shape index (κ2) is 9.20. The van der Waals surface area contributed by atoms with Crippen molar-refractivity contribution < 1.29 is 14.6 Å². The zero-order chi connectivity index (χ0) is 24.7. The third kappa shape index (κ3) is 4.31. The van der Waals surface area contributed by atoms with Crippen molar-refractivity contribution in [2.24, 2.45) is 0 Å². The topological polar surface area (TPSA) is 92.5 Å². The highest BCUT2D eigenvalue weighted by Gasteiger charge is 2.22. The van der Waals surface area contributed by atoms with Gasteiger partial charge in [-0.25, -0.2) is 4.98 Å². The number of aliphatic carboxylic acids is 1. The van der Waals surface area contributed by atoms with Gasteiger partial charge < -0.3 is 20.1 Å². The van der Waals surface area contributed by atoms with E-state index < -0.39 is 11.9 Å². The smallest absolute Gasteiger partial charge is 0.310 e. The van der Waals surface area contributed by atoms with Gasteiger partial charge in [0.1, 0.15) is 10.8 Å². The number of carboxylic acids is 1. The number of carboxylic acid groups (broad SMARTS) is 1. The van der Waals surface area contributed by atoms with Crippen LogP contribution in [-0.4, -0.2) is 51.2 Å². The van der Waals surface area contributed by atoms with Crippen molar-refractivity contribution in [3.63, 3.8) is 0 Å². The fraction of sp³-hybridized carbons (Fsp3) is 0.269. The summed E-state index contributed by atoms with van der Waals surface area (Å²) in [6, 6.07) is 11.8. The molecule has 2 N–H and O–H groups in total. The molecule has 35 heavy (non-hydrogen) atoms. The van der Waals surface area contributed by atoms with Crippen LogP contribution >= 0.6 is 11.6 Å². The van der Waals surface area contributed by atoms with Crippen molar-refractivity contribution in [2.75, 3.05) is 26.0 Å². The van der Waals surface area contributed by atoms with Crippen LogP contribution in [0.4, 0.5) is 11.6 Å². The zero-order valence-electron chi connectivity index (χ0n) is 19.7. The van der Waals surface area contributed by atoms with Crippen molar-refractivity contribution in [1.82, 2.24) is 19.4 Å². The second-order valence-electron chi connectivity index (χ2n) is 8.83. The Hall–Kier alpha value is -3.62. The second-order valence-corrected chi connectivity index (χ2v) is 9.24. The Bertz CT molecular complexity index is 1430. The zero-order valence-corrected chi connectivity index (χ0v) is 20.5. The van der Waals surface area contributed by atoms with Crippen LogP contribution in [0.3, 0.4) is 0 Å². The minimum absolute atomic E-state index is 0.352. The highest BCUT2D eigenvalue weighted by atomic mass is 35.5. The predicted octanol–water partition coefficient (Wildman–Crippen LogP) is 5.00. The normalized spacial score (nSPS) is 14.5. The van der Waals surface area contributed by atoms with Gasteiger partial charge in [-0.3, -0.25) is 9.36 Å². The molecule has 4 aromatic rings. The van der Waals surface area contributed by atoms with Gasteiger partial charge in [-0.15, -0.1) is 0 Å². The highest BCUT2D eigenvalue weighted by molar-refractivity contribution is 6.32. The molecule has 1 aliphatic rings. The minimum Gasteiger partial charge on any atom is -0.495 e. The molecule has 1 atom stereocenters. The third-order valence-corrected chi connectivity index (χ3v) is 6.77. The number of hydrogen-bond donors (Lipinski definition) is 2. The van der Waals surface area contributed by atoms with Gasteiger partial charge in [0.2, 0.25) is 5.95 Å². The lowest BCUT2D eigenvalue weighted by atomic mass is 9.99. The van der Waals surface area contributed by atoms with Gasteiger partial charge in [0.25, 0.3) is 0 Å². The Kier molecular flexibility index (Phi) is 6.08. The van der Waals surface area contributed by atoms with Gasteiger partial charge in [-0.1, -0.05) is 29.8 Å². The molecule has 5 rings (SSSR count). The van der Waals surface area contributed by atoms with E-state index in [1.165, 1.54) is 11.1 Å². The number of benzene rings is 2. The molecule has 8 nitrogen and oxygen atoms in total. The quantitative estimate of drug-likeness (QED) is 0.392. The molecule has 180 valence electrons. The molecule has 0 bridgehead atoms. The number of para-hydroxylation sites is 1. The maximum absolute atomic E-state index is 11.7. The molecule has 0 spiro atoms. The molecule has 3 heterocycles. The van der Waals surface area contributed by atoms with Crippen molar-refractivity contribution >= 4 is 40.1 Å². The lowest BCUT2D eigenvalue weighted by Crippen LogP contribution is -2.26. The first-order valence-electron chi connectivity index (χ1n) is 11.4. The molecule has 2 aromatic heterocycles. The largest absolute Gasteiger partial charge is 0.495 e. The molecule has 2 aromatic carbocycles. The monoisotopic (exact) mass is 491 g/mol. The van der Waals surface area contributed by atoms with Crippen molar-refractivity contribution in [3.05, 3.63) is 70.5 Å². The highest BCUT2D eigenvalue weighted by Crippen LogP contribution is 2.35. The summed E-state index contributed by atoms with van der Waals surface area (Å²) in [4.78, 5) is 23.1. The molecule has 0 radical (unpaired) electrons. The van der Waals surface area contributed by atoms with E-state index in [-0.39, 0.29) is 0 Å². The van der Waals surface area contributed by atoms with Crippen LogP contribution in [0.5, 0.6) is 5.75 Å². The number of likely N-dealkylation sites (N-methyl/N-ethyl adjacent to an activating group) is 1. The summed E-state index contributed by atoms with van der Waals surface area (Å²) in [6.45, 7) is 3.54. The molecule has 0 amide bonds. The number of carbonyl (C=O) groups is 1. The summed E-state index contributed by atoms with van der Waals surface area (Å²) in [5, 5.41) is 14.1. The van der Waals surface area contributed by atoms with E-state index in [2.05, 4.69) is 34.4 Å². The van der Waals surface area contributed by atoms with Crippen LogP contribution in [0, 0.1) is 0 Å². The first-order valence-corrected chi connectivity index (χ1v) is 11.7. The summed E-state index contributed by atoms with van der Waals surface area (Å²) >= 11 is 6.53. The average Bonchev–Trinajstić information content (AvgIpc) is 3.23. The van der Waals surface area contributed by atoms with Gasteiger partial charge in [0.05, 0.1) is 30.4 Å². The van der Waals surface area contributed by atoms with E-state index >= 15 is 0 Å². The maximum atomic E-state index is 11.7. The number of rotatable bonds is 6. The number of halogens is 1. The fourth-order valence-electron chi connectivity index (χ4n) is 4.56. The van der Waals surface area contributed by atoms with Crippen LogP contribution in [0.15, 0.2) is 48.8 Å². The van der Waals surface area contributed by atoms with Crippen LogP contribution in [0.1, 0.15) is 29.5 Å². The SMILES string of the molecule is COc1cc2c(cc1Nc1ncc(Cl)c(-n3cc(C(C)C(=O)O)c4ccccc43)n1)CN(C)CC2. The Balaban J connectivity index is 1.57. The van der Waals surface area contributed by atoms with E-state index in [4.69, 9.17) is 21.3 Å². The van der Waals surface area contributed by atoms with Gasteiger partial charge in [0, 0.05) is 24.7 Å². The van der Waals surface area contributed by atoms with Crippen LogP contribution in [-0.2, 0) is 17.8 Å². The molecule has 9 heteroatoms. The fourth-order valence-corrected chi connectivity index (χ4v) is 4.74. The lowest BCUT2D eigenvalue weighted by molar-refractivity contribution is -0.138. The number of anilines is 2. The van der Waals surface area contributed by atoms with Crippen LogP contribution in [0.2, 0.25) is 5.02 Å². The Morgan fingerprint density at radius 1 is 1.26 bits per heavy atom. The molecular weight excluding hydrogens is 466 g/mol. The number of ether oxygens (including phenoxy) is 1. The summed E-state index contributed by atoms with van der Waals surface area (Å²) < 4.78 is 7.46. The molecule has 0 fully saturated rings. The van der Waals surface area contributed by atoms with Gasteiger partial charge in [-0.2, -0.15) is 4.98 Å². The molecule has 0 saturated carbocycles. The number of nitrogens with one attached hydrogen (secondary N) is 1. The Morgan fingerprint density at radius 3 is 2.83 bits per heavy atom. The van der Waals surface area contributed by atoms with Crippen molar-refractivity contribution in [2.45, 2.75) is 25.8 Å². The standard InChI is InChI=1S/C26H26ClN5O3/c1-15(25(33)34)19-14-32(22-7-5-4-6-18(19)22)24-20(27)12-28-26(30-24)29-21-10-17-13-31(2)9-8-16(17)11-23(21)35-3/h4-7,10-12,14-15H,8-9,13H2,1-3H3,(H,33,34)(H,28,29,30). The first kappa shape index (κ1) is 23.1. The number of fused-ring (bicyclic) bond motifs is 2. The Morgan fingerprint density at radius 2 is 2.06 bits per heavy atom. The minimum atomic E-state index is -0.894. The number of aromatic nitrogens is 3. The molecule has 1 aliphatic heterocycles. The lowest BCUT2D eigenvalue weighted by Gasteiger charge is -2.26. The first-order chi connectivity index (χ1) is 16.9. The maximum Gasteiger partial charge on any atom is 0.310 e. The van der Waals surface area contributed by atoms with Gasteiger partial charge >= 0.3 is 5.97 Å².